The second-order valence-corrected chi connectivity index (χ2v) is 9.10. The molecule has 2 N–H and O–H groups in total. The molecule has 1 amide bonds. The predicted molar refractivity (Wildman–Crippen MR) is 147 cm³/mol. The van der Waals surface area contributed by atoms with Gasteiger partial charge in [-0.15, -0.1) is 10.2 Å². The molecule has 0 saturated heterocycles. The van der Waals surface area contributed by atoms with Crippen molar-refractivity contribution in [2.45, 2.75) is 5.22 Å². The van der Waals surface area contributed by atoms with Crippen molar-refractivity contribution in [3.63, 3.8) is 0 Å². The van der Waals surface area contributed by atoms with Crippen LogP contribution in [0.15, 0.2) is 64.2 Å². The van der Waals surface area contributed by atoms with E-state index < -0.39 is 0 Å². The van der Waals surface area contributed by atoms with E-state index in [-0.39, 0.29) is 16.9 Å². The van der Waals surface area contributed by atoms with Gasteiger partial charge in [0.05, 0.1) is 45.2 Å². The van der Waals surface area contributed by atoms with E-state index in [1.807, 2.05) is 30.3 Å². The van der Waals surface area contributed by atoms with Crippen molar-refractivity contribution in [1.82, 2.24) is 20.2 Å². The van der Waals surface area contributed by atoms with Crippen LogP contribution in [0.1, 0.15) is 0 Å². The SMILES string of the molecule is COc1ccc(NC(=O)CSc2nnc(-c3ccc4nc(-c5cc(OC)c(OC)c(OC)c5)[nH]c4c3)o2)cc1. The number of nitrogens with zero attached hydrogens (tertiary/aromatic N) is 3. The Bertz CT molecular complexity index is 1590. The number of methoxy groups -OCH3 is 4. The van der Waals surface area contributed by atoms with Crippen LogP contribution in [0, 0.1) is 0 Å². The van der Waals surface area contributed by atoms with Crippen LogP contribution >= 0.6 is 11.8 Å². The number of hydrogen-bond donors (Lipinski definition) is 2. The molecule has 0 bridgehead atoms. The number of fused-ring (bicyclic) bond motifs is 1. The van der Waals surface area contributed by atoms with Gasteiger partial charge in [-0.3, -0.25) is 4.79 Å². The molecule has 3 aromatic carbocycles. The maximum atomic E-state index is 12.3. The highest BCUT2D eigenvalue weighted by atomic mass is 32.2. The highest BCUT2D eigenvalue weighted by Crippen LogP contribution is 2.41. The zero-order valence-electron chi connectivity index (χ0n) is 21.6. The number of carbonyl (C=O) groups is 1. The summed E-state index contributed by atoms with van der Waals surface area (Å²) >= 11 is 1.15. The molecule has 0 saturated carbocycles. The average Bonchev–Trinajstić information content (AvgIpc) is 3.62. The Labute approximate surface area is 227 Å². The molecule has 39 heavy (non-hydrogen) atoms. The summed E-state index contributed by atoms with van der Waals surface area (Å²) in [4.78, 5) is 20.3. The standard InChI is InChI=1S/C27H25N5O6S/c1-34-18-8-6-17(7-9-18)28-23(33)14-39-27-32-31-26(38-27)15-5-10-19-20(11-15)30-25(29-19)16-12-21(35-2)24(37-4)22(13-16)36-3/h5-13H,14H2,1-4H3,(H,28,33)(H,29,30). The minimum Gasteiger partial charge on any atom is -0.497 e. The highest BCUT2D eigenvalue weighted by Gasteiger charge is 2.17. The van der Waals surface area contributed by atoms with Crippen LogP contribution in [-0.4, -0.2) is 60.3 Å². The number of anilines is 1. The summed E-state index contributed by atoms with van der Waals surface area (Å²) < 4.78 is 27.2. The number of imidazole rings is 1. The molecular weight excluding hydrogens is 522 g/mol. The first kappa shape index (κ1) is 25.9. The summed E-state index contributed by atoms with van der Waals surface area (Å²) in [5.41, 5.74) is 3.69. The van der Waals surface area contributed by atoms with Crippen molar-refractivity contribution >= 4 is 34.4 Å². The minimum atomic E-state index is -0.192. The van der Waals surface area contributed by atoms with Crippen LogP contribution in [0.2, 0.25) is 0 Å². The van der Waals surface area contributed by atoms with Crippen molar-refractivity contribution in [2.75, 3.05) is 39.5 Å². The molecule has 0 spiro atoms. The number of thioether (sulfide) groups is 1. The fraction of sp³-hybridized carbons (Fsp3) is 0.185. The van der Waals surface area contributed by atoms with Gasteiger partial charge in [0.25, 0.3) is 5.22 Å². The molecule has 0 aliphatic carbocycles. The van der Waals surface area contributed by atoms with Gasteiger partial charge in [-0.05, 0) is 54.6 Å². The van der Waals surface area contributed by atoms with Gasteiger partial charge in [0.2, 0.25) is 17.5 Å². The van der Waals surface area contributed by atoms with Crippen LogP contribution in [0.3, 0.4) is 0 Å². The lowest BCUT2D eigenvalue weighted by Gasteiger charge is -2.13. The lowest BCUT2D eigenvalue weighted by atomic mass is 10.1. The first-order chi connectivity index (χ1) is 19.0. The zero-order valence-corrected chi connectivity index (χ0v) is 22.4. The molecule has 0 fully saturated rings. The predicted octanol–water partition coefficient (Wildman–Crippen LogP) is 5.05. The number of benzene rings is 3. The smallest absolute Gasteiger partial charge is 0.277 e. The molecule has 5 rings (SSSR count). The van der Waals surface area contributed by atoms with Gasteiger partial charge in [0.15, 0.2) is 11.5 Å². The van der Waals surface area contributed by atoms with Crippen molar-refractivity contribution in [3.05, 3.63) is 54.6 Å². The third kappa shape index (κ3) is 5.60. The van der Waals surface area contributed by atoms with Crippen LogP contribution in [0.5, 0.6) is 23.0 Å². The Morgan fingerprint density at radius 3 is 2.31 bits per heavy atom. The van der Waals surface area contributed by atoms with Gasteiger partial charge >= 0.3 is 0 Å². The fourth-order valence-corrected chi connectivity index (χ4v) is 4.44. The van der Waals surface area contributed by atoms with Crippen LogP contribution in [0.25, 0.3) is 33.9 Å². The number of carbonyl (C=O) groups excluding carboxylic acids is 1. The third-order valence-electron chi connectivity index (χ3n) is 5.77. The molecule has 0 aliphatic heterocycles. The summed E-state index contributed by atoms with van der Waals surface area (Å²) in [5.74, 6) is 3.17. The number of amides is 1. The van der Waals surface area contributed by atoms with E-state index >= 15 is 0 Å². The van der Waals surface area contributed by atoms with E-state index in [4.69, 9.17) is 28.3 Å². The van der Waals surface area contributed by atoms with Crippen molar-refractivity contribution < 1.29 is 28.2 Å². The quantitative estimate of drug-likeness (QED) is 0.229. The maximum Gasteiger partial charge on any atom is 0.277 e. The Morgan fingerprint density at radius 2 is 1.64 bits per heavy atom. The van der Waals surface area contributed by atoms with Gasteiger partial charge in [0.1, 0.15) is 11.6 Å². The lowest BCUT2D eigenvalue weighted by molar-refractivity contribution is -0.113. The average molecular weight is 548 g/mol. The summed E-state index contributed by atoms with van der Waals surface area (Å²) in [7, 11) is 6.28. The summed E-state index contributed by atoms with van der Waals surface area (Å²) in [6, 6.07) is 16.3. The molecule has 0 radical (unpaired) electrons. The van der Waals surface area contributed by atoms with Gasteiger partial charge in [-0.1, -0.05) is 11.8 Å². The Hall–Kier alpha value is -4.71. The van der Waals surface area contributed by atoms with E-state index in [1.54, 1.807) is 52.7 Å². The van der Waals surface area contributed by atoms with Crippen molar-refractivity contribution in [3.8, 4) is 45.8 Å². The Balaban J connectivity index is 1.29. The number of ether oxygens (including phenoxy) is 4. The van der Waals surface area contributed by atoms with Gasteiger partial charge in [-0.25, -0.2) is 4.98 Å². The van der Waals surface area contributed by atoms with Gasteiger partial charge < -0.3 is 33.7 Å². The van der Waals surface area contributed by atoms with Crippen molar-refractivity contribution in [1.29, 1.82) is 0 Å². The topological polar surface area (TPSA) is 134 Å². The number of hydrogen-bond acceptors (Lipinski definition) is 10. The summed E-state index contributed by atoms with van der Waals surface area (Å²) in [6.45, 7) is 0. The molecule has 5 aromatic rings. The molecular formula is C27H25N5O6S. The number of rotatable bonds is 10. The second kappa shape index (κ2) is 11.4. The Morgan fingerprint density at radius 1 is 0.897 bits per heavy atom. The molecule has 0 atom stereocenters. The number of nitrogens with one attached hydrogen (secondary N) is 2. The van der Waals surface area contributed by atoms with Crippen LogP contribution in [-0.2, 0) is 4.79 Å². The largest absolute Gasteiger partial charge is 0.497 e. The fourth-order valence-electron chi connectivity index (χ4n) is 3.88. The molecule has 2 aromatic heterocycles. The summed E-state index contributed by atoms with van der Waals surface area (Å²) in [6.07, 6.45) is 0. The van der Waals surface area contributed by atoms with E-state index in [0.29, 0.717) is 46.0 Å². The molecule has 0 unspecified atom stereocenters. The van der Waals surface area contributed by atoms with Crippen molar-refractivity contribution in [2.24, 2.45) is 0 Å². The van der Waals surface area contributed by atoms with E-state index in [9.17, 15) is 4.79 Å². The summed E-state index contributed by atoms with van der Waals surface area (Å²) in [5, 5.41) is 11.3. The Kier molecular flexibility index (Phi) is 7.55. The number of H-pyrrole nitrogens is 1. The minimum absolute atomic E-state index is 0.116. The number of aromatic nitrogens is 4. The monoisotopic (exact) mass is 547 g/mol. The molecule has 200 valence electrons. The van der Waals surface area contributed by atoms with Gasteiger partial charge in [-0.2, -0.15) is 0 Å². The molecule has 11 nitrogen and oxygen atoms in total. The molecule has 0 aliphatic rings. The third-order valence-corrected chi connectivity index (χ3v) is 6.59. The lowest BCUT2D eigenvalue weighted by Crippen LogP contribution is -2.13. The highest BCUT2D eigenvalue weighted by molar-refractivity contribution is 7.99. The first-order valence-electron chi connectivity index (χ1n) is 11.7. The molecule has 2 heterocycles. The van der Waals surface area contributed by atoms with Gasteiger partial charge in [0, 0.05) is 16.8 Å². The maximum absolute atomic E-state index is 12.3. The van der Waals surface area contributed by atoms with E-state index in [2.05, 4.69) is 20.5 Å². The second-order valence-electron chi connectivity index (χ2n) is 8.17. The molecule has 12 heteroatoms. The van der Waals surface area contributed by atoms with E-state index in [0.717, 1.165) is 28.4 Å². The van der Waals surface area contributed by atoms with Crippen LogP contribution < -0.4 is 24.3 Å². The zero-order chi connectivity index (χ0) is 27.4. The van der Waals surface area contributed by atoms with E-state index in [1.165, 1.54) is 0 Å². The van der Waals surface area contributed by atoms with Crippen LogP contribution in [0.4, 0.5) is 5.69 Å². The normalized spacial score (nSPS) is 10.9. The number of aromatic amines is 1. The first-order valence-corrected chi connectivity index (χ1v) is 12.7.